The largest absolute Gasteiger partial charge is 0.448 e. The van der Waals surface area contributed by atoms with E-state index in [9.17, 15) is 18.8 Å². The number of carbonyl (C=O) groups excluding carboxylic acids is 3. The zero-order valence-corrected chi connectivity index (χ0v) is 15.7. The quantitative estimate of drug-likeness (QED) is 0.792. The van der Waals surface area contributed by atoms with Crippen LogP contribution in [0.5, 0.6) is 0 Å². The van der Waals surface area contributed by atoms with E-state index in [4.69, 9.17) is 4.74 Å². The molecular weight excluding hydrogens is 365 g/mol. The number of benzene rings is 1. The summed E-state index contributed by atoms with van der Waals surface area (Å²) >= 11 is 0. The molecule has 1 aromatic carbocycles. The number of rotatable bonds is 3. The molecule has 3 saturated heterocycles. The first-order valence-electron chi connectivity index (χ1n) is 9.84. The van der Waals surface area contributed by atoms with Crippen molar-refractivity contribution in [1.82, 2.24) is 14.7 Å². The molecule has 0 N–H and O–H groups in total. The van der Waals surface area contributed by atoms with E-state index in [0.717, 1.165) is 6.42 Å². The van der Waals surface area contributed by atoms with Crippen LogP contribution in [0.4, 0.5) is 9.18 Å². The van der Waals surface area contributed by atoms with Crippen molar-refractivity contribution in [2.24, 2.45) is 0 Å². The zero-order valence-electron chi connectivity index (χ0n) is 15.7. The molecule has 0 aliphatic carbocycles. The molecule has 0 unspecified atom stereocenters. The van der Waals surface area contributed by atoms with Crippen molar-refractivity contribution in [2.45, 2.75) is 37.8 Å². The van der Waals surface area contributed by atoms with Crippen molar-refractivity contribution in [1.29, 1.82) is 0 Å². The standard InChI is InChI=1S/C20H24FN3O4/c21-16-5-2-1-4-15(16)18(25)24-9-3-6-17(24)19(26)22-10-7-14(8-11-22)23-12-13-28-20(23)27/h1-2,4-5,14,17H,3,6-13H2/t17-/m1/s1. The number of cyclic esters (lactones) is 1. The summed E-state index contributed by atoms with van der Waals surface area (Å²) in [5.74, 6) is -1.07. The molecule has 1 aromatic rings. The molecule has 3 aliphatic heterocycles. The molecule has 0 bridgehead atoms. The summed E-state index contributed by atoms with van der Waals surface area (Å²) in [5.41, 5.74) is 0.00783. The number of piperidine rings is 1. The molecule has 150 valence electrons. The van der Waals surface area contributed by atoms with Crippen LogP contribution >= 0.6 is 0 Å². The maximum Gasteiger partial charge on any atom is 0.410 e. The predicted octanol–water partition coefficient (Wildman–Crippen LogP) is 1.87. The highest BCUT2D eigenvalue weighted by atomic mass is 19.1. The normalized spacial score (nSPS) is 23.2. The van der Waals surface area contributed by atoms with E-state index in [1.54, 1.807) is 21.9 Å². The van der Waals surface area contributed by atoms with Gasteiger partial charge in [0, 0.05) is 25.7 Å². The first-order valence-corrected chi connectivity index (χ1v) is 9.84. The Morgan fingerprint density at radius 1 is 1.04 bits per heavy atom. The van der Waals surface area contributed by atoms with Crippen molar-refractivity contribution in [3.05, 3.63) is 35.6 Å². The van der Waals surface area contributed by atoms with Gasteiger partial charge in [-0.1, -0.05) is 12.1 Å². The van der Waals surface area contributed by atoms with Crippen molar-refractivity contribution in [3.8, 4) is 0 Å². The van der Waals surface area contributed by atoms with Gasteiger partial charge in [-0.15, -0.1) is 0 Å². The van der Waals surface area contributed by atoms with Gasteiger partial charge in [-0.25, -0.2) is 9.18 Å². The predicted molar refractivity (Wildman–Crippen MR) is 98.1 cm³/mol. The van der Waals surface area contributed by atoms with Gasteiger partial charge in [0.15, 0.2) is 0 Å². The Morgan fingerprint density at radius 2 is 1.79 bits per heavy atom. The first-order chi connectivity index (χ1) is 13.6. The van der Waals surface area contributed by atoms with Crippen LogP contribution in [-0.2, 0) is 9.53 Å². The molecule has 0 aromatic heterocycles. The van der Waals surface area contributed by atoms with E-state index in [1.165, 1.54) is 17.0 Å². The second-order valence-electron chi connectivity index (χ2n) is 7.50. The Morgan fingerprint density at radius 3 is 2.46 bits per heavy atom. The van der Waals surface area contributed by atoms with Gasteiger partial charge in [-0.3, -0.25) is 9.59 Å². The van der Waals surface area contributed by atoms with E-state index in [-0.39, 0.29) is 23.6 Å². The minimum atomic E-state index is -0.566. The highest BCUT2D eigenvalue weighted by Crippen LogP contribution is 2.26. The van der Waals surface area contributed by atoms with Crippen LogP contribution in [0.1, 0.15) is 36.0 Å². The van der Waals surface area contributed by atoms with Gasteiger partial charge in [-0.05, 0) is 37.8 Å². The number of likely N-dealkylation sites (tertiary alicyclic amines) is 2. The lowest BCUT2D eigenvalue weighted by Crippen LogP contribution is -2.52. The summed E-state index contributed by atoms with van der Waals surface area (Å²) < 4.78 is 19.0. The van der Waals surface area contributed by atoms with Crippen molar-refractivity contribution >= 4 is 17.9 Å². The molecule has 4 rings (SSSR count). The van der Waals surface area contributed by atoms with Crippen LogP contribution in [0.15, 0.2) is 24.3 Å². The summed E-state index contributed by atoms with van der Waals surface area (Å²) in [6, 6.07) is 5.43. The lowest BCUT2D eigenvalue weighted by molar-refractivity contribution is -0.136. The highest BCUT2D eigenvalue weighted by molar-refractivity contribution is 5.98. The minimum Gasteiger partial charge on any atom is -0.448 e. The topological polar surface area (TPSA) is 70.2 Å². The smallest absolute Gasteiger partial charge is 0.410 e. The number of hydrogen-bond acceptors (Lipinski definition) is 4. The highest BCUT2D eigenvalue weighted by Gasteiger charge is 2.39. The molecule has 3 aliphatic rings. The molecule has 0 saturated carbocycles. The van der Waals surface area contributed by atoms with Crippen LogP contribution in [0, 0.1) is 5.82 Å². The number of nitrogens with zero attached hydrogens (tertiary/aromatic N) is 3. The van der Waals surface area contributed by atoms with Crippen LogP contribution in [0.2, 0.25) is 0 Å². The molecule has 1 atom stereocenters. The molecular formula is C20H24FN3O4. The SMILES string of the molecule is O=C([C@H]1CCCN1C(=O)c1ccccc1F)N1CCC(N2CCOC2=O)CC1. The monoisotopic (exact) mass is 389 g/mol. The Balaban J connectivity index is 1.40. The number of amides is 3. The fourth-order valence-electron chi connectivity index (χ4n) is 4.40. The lowest BCUT2D eigenvalue weighted by Gasteiger charge is -2.37. The third kappa shape index (κ3) is 3.43. The number of halogens is 1. The maximum absolute atomic E-state index is 14.0. The molecule has 3 heterocycles. The first kappa shape index (κ1) is 18.7. The van der Waals surface area contributed by atoms with Crippen LogP contribution < -0.4 is 0 Å². The van der Waals surface area contributed by atoms with Gasteiger partial charge < -0.3 is 19.4 Å². The average Bonchev–Trinajstić information content (AvgIpc) is 3.36. The fourth-order valence-corrected chi connectivity index (χ4v) is 4.40. The summed E-state index contributed by atoms with van der Waals surface area (Å²) in [5, 5.41) is 0. The molecule has 28 heavy (non-hydrogen) atoms. The lowest BCUT2D eigenvalue weighted by atomic mass is 10.0. The Labute approximate surface area is 163 Å². The second-order valence-corrected chi connectivity index (χ2v) is 7.50. The fraction of sp³-hybridized carbons (Fsp3) is 0.550. The van der Waals surface area contributed by atoms with Crippen LogP contribution in [0.25, 0.3) is 0 Å². The Kier molecular flexibility index (Phi) is 5.19. The summed E-state index contributed by atoms with van der Waals surface area (Å²) in [6.07, 6.45) is 2.45. The van der Waals surface area contributed by atoms with Crippen LogP contribution in [-0.4, -0.2) is 77.5 Å². The third-order valence-corrected chi connectivity index (χ3v) is 5.91. The van der Waals surface area contributed by atoms with Crippen LogP contribution in [0.3, 0.4) is 0 Å². The summed E-state index contributed by atoms with van der Waals surface area (Å²) in [4.78, 5) is 42.6. The Bertz CT molecular complexity index is 778. The third-order valence-electron chi connectivity index (χ3n) is 5.91. The molecule has 7 nitrogen and oxygen atoms in total. The van der Waals surface area contributed by atoms with E-state index in [1.807, 2.05) is 0 Å². The van der Waals surface area contributed by atoms with E-state index in [0.29, 0.717) is 52.0 Å². The van der Waals surface area contributed by atoms with Gasteiger partial charge in [0.25, 0.3) is 5.91 Å². The number of ether oxygens (including phenoxy) is 1. The van der Waals surface area contributed by atoms with Crippen molar-refractivity contribution < 1.29 is 23.5 Å². The average molecular weight is 389 g/mol. The van der Waals surface area contributed by atoms with Gasteiger partial charge in [0.1, 0.15) is 18.5 Å². The van der Waals surface area contributed by atoms with Gasteiger partial charge in [0.2, 0.25) is 5.91 Å². The van der Waals surface area contributed by atoms with E-state index in [2.05, 4.69) is 0 Å². The van der Waals surface area contributed by atoms with Gasteiger partial charge in [0.05, 0.1) is 12.1 Å². The van der Waals surface area contributed by atoms with Crippen molar-refractivity contribution in [2.75, 3.05) is 32.8 Å². The van der Waals surface area contributed by atoms with Crippen molar-refractivity contribution in [3.63, 3.8) is 0 Å². The molecule has 0 spiro atoms. The van der Waals surface area contributed by atoms with E-state index < -0.39 is 17.8 Å². The van der Waals surface area contributed by atoms with Gasteiger partial charge >= 0.3 is 6.09 Å². The zero-order chi connectivity index (χ0) is 19.7. The van der Waals surface area contributed by atoms with Gasteiger partial charge in [-0.2, -0.15) is 0 Å². The Hall–Kier alpha value is -2.64. The summed E-state index contributed by atoms with van der Waals surface area (Å²) in [6.45, 7) is 2.58. The maximum atomic E-state index is 14.0. The van der Waals surface area contributed by atoms with E-state index >= 15 is 0 Å². The molecule has 8 heteroatoms. The number of carbonyl (C=O) groups is 3. The summed E-state index contributed by atoms with van der Waals surface area (Å²) in [7, 11) is 0. The number of hydrogen-bond donors (Lipinski definition) is 0. The molecule has 3 fully saturated rings. The second kappa shape index (κ2) is 7.77. The minimum absolute atomic E-state index is 0.00783. The molecule has 0 radical (unpaired) electrons. The molecule has 3 amide bonds.